The molecule has 94 valence electrons. The summed E-state index contributed by atoms with van der Waals surface area (Å²) < 4.78 is 5.16. The fraction of sp³-hybridized carbons (Fsp3) is 0.500. The van der Waals surface area contributed by atoms with Crippen LogP contribution in [0.3, 0.4) is 0 Å². The lowest BCUT2D eigenvalue weighted by atomic mass is 10.0. The first-order valence-electron chi connectivity index (χ1n) is 5.53. The monoisotopic (exact) mass is 239 g/mol. The molecule has 2 N–H and O–H groups in total. The predicted octanol–water partition coefficient (Wildman–Crippen LogP) is 1.96. The summed E-state index contributed by atoms with van der Waals surface area (Å²) in [7, 11) is 0. The Morgan fingerprint density at radius 3 is 2.65 bits per heavy atom. The number of hydrogen-bond donors (Lipinski definition) is 2. The molecule has 0 saturated carbocycles. The average Bonchev–Trinajstić information content (AvgIpc) is 2.67. The lowest BCUT2D eigenvalue weighted by Gasteiger charge is -2.13. The van der Waals surface area contributed by atoms with Crippen LogP contribution in [0.1, 0.15) is 38.5 Å². The van der Waals surface area contributed by atoms with Crippen LogP contribution in [-0.2, 0) is 9.59 Å². The molecule has 0 bridgehead atoms. The number of carboxylic acids is 1. The molecule has 0 radical (unpaired) electrons. The van der Waals surface area contributed by atoms with Gasteiger partial charge in [-0.05, 0) is 25.0 Å². The van der Waals surface area contributed by atoms with Gasteiger partial charge in [0, 0.05) is 12.8 Å². The molecular weight excluding hydrogens is 222 g/mol. The molecule has 5 nitrogen and oxygen atoms in total. The van der Waals surface area contributed by atoms with Crippen molar-refractivity contribution in [1.29, 1.82) is 0 Å². The second kappa shape index (κ2) is 6.08. The fourth-order valence-corrected chi connectivity index (χ4v) is 1.60. The highest BCUT2D eigenvalue weighted by atomic mass is 16.4. The van der Waals surface area contributed by atoms with Crippen molar-refractivity contribution in [2.45, 2.75) is 32.7 Å². The number of amides is 1. The van der Waals surface area contributed by atoms with E-state index in [9.17, 15) is 9.59 Å². The zero-order chi connectivity index (χ0) is 12.8. The van der Waals surface area contributed by atoms with Crippen LogP contribution in [0.25, 0.3) is 0 Å². The highest BCUT2D eigenvalue weighted by Gasteiger charge is 2.16. The first kappa shape index (κ1) is 13.3. The van der Waals surface area contributed by atoms with Gasteiger partial charge in [0.15, 0.2) is 0 Å². The van der Waals surface area contributed by atoms with E-state index < -0.39 is 5.97 Å². The van der Waals surface area contributed by atoms with E-state index >= 15 is 0 Å². The molecule has 1 amide bonds. The van der Waals surface area contributed by atoms with Crippen molar-refractivity contribution in [3.8, 4) is 0 Å². The van der Waals surface area contributed by atoms with Crippen LogP contribution in [0.4, 0.5) is 0 Å². The molecule has 1 rings (SSSR count). The summed E-state index contributed by atoms with van der Waals surface area (Å²) in [4.78, 5) is 22.0. The van der Waals surface area contributed by atoms with Crippen molar-refractivity contribution < 1.29 is 19.1 Å². The Balaban J connectivity index is 2.37. The van der Waals surface area contributed by atoms with Crippen molar-refractivity contribution >= 4 is 11.9 Å². The molecule has 0 aliphatic rings. The summed E-state index contributed by atoms with van der Waals surface area (Å²) in [6.07, 6.45) is 1.75. The molecule has 0 aliphatic heterocycles. The summed E-state index contributed by atoms with van der Waals surface area (Å²) >= 11 is 0. The maximum atomic E-state index is 11.6. The van der Waals surface area contributed by atoms with E-state index in [1.54, 1.807) is 25.3 Å². The van der Waals surface area contributed by atoms with Gasteiger partial charge in [-0.3, -0.25) is 9.59 Å². The lowest BCUT2D eigenvalue weighted by molar-refractivity contribution is -0.138. The van der Waals surface area contributed by atoms with E-state index in [4.69, 9.17) is 9.52 Å². The summed E-state index contributed by atoms with van der Waals surface area (Å²) in [5.41, 5.74) is 0. The Labute approximate surface area is 99.8 Å². The van der Waals surface area contributed by atoms with Crippen LogP contribution in [0.15, 0.2) is 22.8 Å². The topological polar surface area (TPSA) is 79.5 Å². The van der Waals surface area contributed by atoms with Crippen molar-refractivity contribution in [3.63, 3.8) is 0 Å². The van der Waals surface area contributed by atoms with E-state index in [2.05, 4.69) is 5.32 Å². The number of carbonyl (C=O) groups excluding carboxylic acids is 1. The molecule has 1 aromatic heterocycles. The molecule has 5 heteroatoms. The second-order valence-corrected chi connectivity index (χ2v) is 4.21. The first-order chi connectivity index (χ1) is 7.99. The van der Waals surface area contributed by atoms with Gasteiger partial charge in [-0.1, -0.05) is 6.92 Å². The molecule has 0 aromatic carbocycles. The highest BCUT2D eigenvalue weighted by molar-refractivity contribution is 5.77. The molecule has 0 aliphatic carbocycles. The van der Waals surface area contributed by atoms with E-state index in [0.29, 0.717) is 5.76 Å². The number of nitrogens with one attached hydrogen (secondary N) is 1. The van der Waals surface area contributed by atoms with Crippen molar-refractivity contribution in [1.82, 2.24) is 5.32 Å². The summed E-state index contributed by atoms with van der Waals surface area (Å²) in [6, 6.07) is 3.34. The Kier molecular flexibility index (Phi) is 4.75. The zero-order valence-corrected chi connectivity index (χ0v) is 9.97. The van der Waals surface area contributed by atoms with Crippen molar-refractivity contribution in [2.75, 3.05) is 0 Å². The maximum Gasteiger partial charge on any atom is 0.303 e. The number of hydrogen-bond acceptors (Lipinski definition) is 3. The maximum absolute atomic E-state index is 11.6. The molecule has 1 aromatic rings. The van der Waals surface area contributed by atoms with Gasteiger partial charge in [0.1, 0.15) is 5.76 Å². The van der Waals surface area contributed by atoms with E-state index in [1.807, 2.05) is 6.92 Å². The normalized spacial score (nSPS) is 14.0. The Morgan fingerprint density at radius 1 is 1.41 bits per heavy atom. The van der Waals surface area contributed by atoms with Gasteiger partial charge in [0.05, 0.1) is 12.3 Å². The van der Waals surface area contributed by atoms with Crippen LogP contribution >= 0.6 is 0 Å². The van der Waals surface area contributed by atoms with Crippen LogP contribution in [0.5, 0.6) is 0 Å². The quantitative estimate of drug-likeness (QED) is 0.795. The molecule has 1 heterocycles. The minimum Gasteiger partial charge on any atom is -0.481 e. The SMILES string of the molecule is CC(CC(=O)O)CC(=O)NC(C)c1ccco1. The van der Waals surface area contributed by atoms with Crippen molar-refractivity contribution in [3.05, 3.63) is 24.2 Å². The largest absolute Gasteiger partial charge is 0.481 e. The molecule has 2 unspecified atom stereocenters. The third kappa shape index (κ3) is 4.72. The average molecular weight is 239 g/mol. The van der Waals surface area contributed by atoms with Gasteiger partial charge in [0.2, 0.25) is 5.91 Å². The number of rotatable bonds is 6. The Hall–Kier alpha value is -1.78. The minimum absolute atomic E-state index is 0.00253. The number of carboxylic acid groups (broad SMARTS) is 1. The summed E-state index contributed by atoms with van der Waals surface area (Å²) in [5.74, 6) is -0.535. The zero-order valence-electron chi connectivity index (χ0n) is 9.97. The highest BCUT2D eigenvalue weighted by Crippen LogP contribution is 2.14. The van der Waals surface area contributed by atoms with Gasteiger partial charge >= 0.3 is 5.97 Å². The van der Waals surface area contributed by atoms with Gasteiger partial charge in [-0.25, -0.2) is 0 Å². The third-order valence-electron chi connectivity index (χ3n) is 2.40. The fourth-order valence-electron chi connectivity index (χ4n) is 1.60. The molecule has 0 spiro atoms. The number of furan rings is 1. The molecule has 0 saturated heterocycles. The smallest absolute Gasteiger partial charge is 0.303 e. The number of aliphatic carboxylic acids is 1. The predicted molar refractivity (Wildman–Crippen MR) is 61.3 cm³/mol. The van der Waals surface area contributed by atoms with E-state index in [0.717, 1.165) is 0 Å². The van der Waals surface area contributed by atoms with Gasteiger partial charge < -0.3 is 14.8 Å². The summed E-state index contributed by atoms with van der Waals surface area (Å²) in [5, 5.41) is 11.3. The Morgan fingerprint density at radius 2 is 2.12 bits per heavy atom. The minimum atomic E-state index is -0.885. The van der Waals surface area contributed by atoms with Gasteiger partial charge in [-0.2, -0.15) is 0 Å². The lowest BCUT2D eigenvalue weighted by Crippen LogP contribution is -2.28. The molecule has 17 heavy (non-hydrogen) atoms. The molecular formula is C12H17NO4. The van der Waals surface area contributed by atoms with Gasteiger partial charge in [-0.15, -0.1) is 0 Å². The van der Waals surface area contributed by atoms with Crippen LogP contribution in [0, 0.1) is 5.92 Å². The van der Waals surface area contributed by atoms with E-state index in [-0.39, 0.29) is 30.7 Å². The third-order valence-corrected chi connectivity index (χ3v) is 2.40. The number of carbonyl (C=O) groups is 2. The van der Waals surface area contributed by atoms with Gasteiger partial charge in [0.25, 0.3) is 0 Å². The molecule has 2 atom stereocenters. The van der Waals surface area contributed by atoms with E-state index in [1.165, 1.54) is 0 Å². The first-order valence-corrected chi connectivity index (χ1v) is 5.53. The van der Waals surface area contributed by atoms with Crippen LogP contribution in [-0.4, -0.2) is 17.0 Å². The standard InChI is InChI=1S/C12H17NO4/c1-8(7-12(15)16)6-11(14)13-9(2)10-4-3-5-17-10/h3-5,8-9H,6-7H2,1-2H3,(H,13,14)(H,15,16). The second-order valence-electron chi connectivity index (χ2n) is 4.21. The summed E-state index contributed by atoms with van der Waals surface area (Å²) in [6.45, 7) is 3.56. The molecule has 0 fully saturated rings. The Bertz CT molecular complexity index is 372. The van der Waals surface area contributed by atoms with Crippen molar-refractivity contribution in [2.24, 2.45) is 5.92 Å². The van der Waals surface area contributed by atoms with Crippen LogP contribution < -0.4 is 5.32 Å². The van der Waals surface area contributed by atoms with Crippen LogP contribution in [0.2, 0.25) is 0 Å².